The van der Waals surface area contributed by atoms with E-state index in [2.05, 4.69) is 5.32 Å². The van der Waals surface area contributed by atoms with E-state index < -0.39 is 0 Å². The monoisotopic (exact) mass is 210 g/mol. The van der Waals surface area contributed by atoms with E-state index in [9.17, 15) is 9.59 Å². The second-order valence-corrected chi connectivity index (χ2v) is 4.96. The first kappa shape index (κ1) is 10.5. The van der Waals surface area contributed by atoms with Gasteiger partial charge < -0.3 is 10.2 Å². The molecule has 1 N–H and O–H groups in total. The molecular weight excluding hydrogens is 192 g/mol. The maximum absolute atomic E-state index is 12.0. The van der Waals surface area contributed by atoms with E-state index in [4.69, 9.17) is 0 Å². The normalized spacial score (nSPS) is 32.1. The van der Waals surface area contributed by atoms with E-state index in [1.165, 1.54) is 0 Å². The van der Waals surface area contributed by atoms with Gasteiger partial charge in [-0.3, -0.25) is 9.59 Å². The molecule has 0 aromatic heterocycles. The summed E-state index contributed by atoms with van der Waals surface area (Å²) in [6, 6.07) is -0.551. The van der Waals surface area contributed by atoms with E-state index in [1.54, 1.807) is 11.9 Å². The van der Waals surface area contributed by atoms with Crippen molar-refractivity contribution in [3.8, 4) is 0 Å². The summed E-state index contributed by atoms with van der Waals surface area (Å²) < 4.78 is 0. The maximum atomic E-state index is 12.0. The van der Waals surface area contributed by atoms with Crippen molar-refractivity contribution in [2.45, 2.75) is 38.8 Å². The molecule has 0 bridgehead atoms. The topological polar surface area (TPSA) is 49.4 Å². The van der Waals surface area contributed by atoms with Gasteiger partial charge in [0, 0.05) is 7.05 Å². The fourth-order valence-corrected chi connectivity index (χ4v) is 2.23. The highest BCUT2D eigenvalue weighted by molar-refractivity contribution is 5.97. The lowest BCUT2D eigenvalue weighted by molar-refractivity contribution is -0.149. The quantitative estimate of drug-likeness (QED) is 0.716. The Hall–Kier alpha value is -1.06. The third-order valence-corrected chi connectivity index (χ3v) is 3.33. The van der Waals surface area contributed by atoms with Crippen LogP contribution in [0.15, 0.2) is 0 Å². The van der Waals surface area contributed by atoms with Gasteiger partial charge in [0.05, 0.1) is 0 Å². The van der Waals surface area contributed by atoms with E-state index in [0.717, 1.165) is 12.8 Å². The third kappa shape index (κ3) is 1.73. The highest BCUT2D eigenvalue weighted by Gasteiger charge is 2.46. The first-order valence-corrected chi connectivity index (χ1v) is 5.59. The Morgan fingerprint density at radius 2 is 1.93 bits per heavy atom. The summed E-state index contributed by atoms with van der Waals surface area (Å²) in [4.78, 5) is 25.4. The first-order valence-electron chi connectivity index (χ1n) is 5.59. The summed E-state index contributed by atoms with van der Waals surface area (Å²) in [5.74, 6) is 0.635. The van der Waals surface area contributed by atoms with Crippen LogP contribution in [0.25, 0.3) is 0 Å². The van der Waals surface area contributed by atoms with Crippen molar-refractivity contribution in [2.75, 3.05) is 7.05 Å². The summed E-state index contributed by atoms with van der Waals surface area (Å²) in [5.41, 5.74) is 0. The van der Waals surface area contributed by atoms with Gasteiger partial charge in [-0.25, -0.2) is 0 Å². The number of piperazine rings is 1. The fraction of sp³-hybridized carbons (Fsp3) is 0.818. The Bertz CT molecular complexity index is 297. The van der Waals surface area contributed by atoms with Gasteiger partial charge in [0.1, 0.15) is 12.1 Å². The highest BCUT2D eigenvalue weighted by atomic mass is 16.2. The van der Waals surface area contributed by atoms with Crippen LogP contribution in [0.2, 0.25) is 0 Å². The van der Waals surface area contributed by atoms with Crippen LogP contribution in [0, 0.1) is 11.8 Å². The molecule has 0 aromatic carbocycles. The molecule has 2 unspecified atom stereocenters. The molecule has 4 nitrogen and oxygen atoms in total. The van der Waals surface area contributed by atoms with Crippen molar-refractivity contribution in [2.24, 2.45) is 11.8 Å². The number of likely N-dealkylation sites (N-methyl/N-ethyl adjacent to an activating group) is 1. The number of amides is 2. The predicted octanol–water partition coefficient (Wildman–Crippen LogP) is 0.378. The van der Waals surface area contributed by atoms with Crippen LogP contribution in [-0.2, 0) is 9.59 Å². The van der Waals surface area contributed by atoms with Crippen LogP contribution in [0.4, 0.5) is 0 Å². The van der Waals surface area contributed by atoms with Crippen molar-refractivity contribution < 1.29 is 9.59 Å². The molecule has 1 saturated heterocycles. The number of carbonyl (C=O) groups is 2. The molecule has 1 aliphatic carbocycles. The van der Waals surface area contributed by atoms with E-state index in [-0.39, 0.29) is 29.8 Å². The molecule has 0 aromatic rings. The lowest BCUT2D eigenvalue weighted by Gasteiger charge is -2.38. The maximum Gasteiger partial charge on any atom is 0.245 e. The lowest BCUT2D eigenvalue weighted by Crippen LogP contribution is -2.64. The zero-order chi connectivity index (χ0) is 11.2. The van der Waals surface area contributed by atoms with Crippen molar-refractivity contribution in [1.29, 1.82) is 0 Å². The molecule has 1 heterocycles. The Morgan fingerprint density at radius 1 is 1.33 bits per heavy atom. The van der Waals surface area contributed by atoms with Crippen LogP contribution < -0.4 is 5.32 Å². The number of hydrogen-bond donors (Lipinski definition) is 1. The minimum Gasteiger partial charge on any atom is -0.342 e. The third-order valence-electron chi connectivity index (χ3n) is 3.33. The Morgan fingerprint density at radius 3 is 2.40 bits per heavy atom. The summed E-state index contributed by atoms with van der Waals surface area (Å²) >= 11 is 0. The molecule has 0 radical (unpaired) electrons. The summed E-state index contributed by atoms with van der Waals surface area (Å²) in [5, 5.41) is 2.84. The minimum absolute atomic E-state index is 0.0262. The highest BCUT2D eigenvalue weighted by Crippen LogP contribution is 2.36. The number of nitrogens with zero attached hydrogens (tertiary/aromatic N) is 1. The SMILES string of the molecule is CC(C)C1NC(=O)C(C2CC2)N(C)C1=O. The van der Waals surface area contributed by atoms with Crippen molar-refractivity contribution in [3.05, 3.63) is 0 Å². The number of nitrogens with one attached hydrogen (secondary N) is 1. The zero-order valence-electron chi connectivity index (χ0n) is 9.49. The van der Waals surface area contributed by atoms with Gasteiger partial charge in [0.25, 0.3) is 0 Å². The average molecular weight is 210 g/mol. The van der Waals surface area contributed by atoms with Crippen LogP contribution in [0.3, 0.4) is 0 Å². The van der Waals surface area contributed by atoms with Crippen LogP contribution >= 0.6 is 0 Å². The summed E-state index contributed by atoms with van der Waals surface area (Å²) in [6.45, 7) is 3.91. The van der Waals surface area contributed by atoms with Gasteiger partial charge in [0.15, 0.2) is 0 Å². The van der Waals surface area contributed by atoms with E-state index in [0.29, 0.717) is 5.92 Å². The first-order chi connectivity index (χ1) is 7.02. The minimum atomic E-state index is -0.336. The molecule has 2 aliphatic rings. The molecule has 84 valence electrons. The van der Waals surface area contributed by atoms with Crippen LogP contribution in [0.5, 0.6) is 0 Å². The second kappa shape index (κ2) is 3.51. The largest absolute Gasteiger partial charge is 0.342 e. The summed E-state index contributed by atoms with van der Waals surface area (Å²) in [6.07, 6.45) is 2.14. The van der Waals surface area contributed by atoms with Gasteiger partial charge in [-0.1, -0.05) is 13.8 Å². The van der Waals surface area contributed by atoms with Crippen LogP contribution in [-0.4, -0.2) is 35.8 Å². The number of carbonyl (C=O) groups excluding carboxylic acids is 2. The molecule has 4 heteroatoms. The molecule has 1 saturated carbocycles. The second-order valence-electron chi connectivity index (χ2n) is 4.96. The molecule has 0 spiro atoms. The van der Waals surface area contributed by atoms with E-state index in [1.807, 2.05) is 13.8 Å². The fourth-order valence-electron chi connectivity index (χ4n) is 2.23. The smallest absolute Gasteiger partial charge is 0.245 e. The average Bonchev–Trinajstić information content (AvgIpc) is 2.95. The van der Waals surface area contributed by atoms with Gasteiger partial charge >= 0.3 is 0 Å². The molecule has 2 rings (SSSR count). The van der Waals surface area contributed by atoms with Crippen LogP contribution in [0.1, 0.15) is 26.7 Å². The van der Waals surface area contributed by atoms with Crippen molar-refractivity contribution in [3.63, 3.8) is 0 Å². The number of rotatable bonds is 2. The molecule has 2 amide bonds. The van der Waals surface area contributed by atoms with Gasteiger partial charge in [0.2, 0.25) is 11.8 Å². The molecule has 2 fully saturated rings. The van der Waals surface area contributed by atoms with Gasteiger partial charge in [-0.05, 0) is 24.7 Å². The van der Waals surface area contributed by atoms with Crippen molar-refractivity contribution in [1.82, 2.24) is 10.2 Å². The van der Waals surface area contributed by atoms with Crippen molar-refractivity contribution >= 4 is 11.8 Å². The Labute approximate surface area is 90.0 Å². The summed E-state index contributed by atoms with van der Waals surface area (Å²) in [7, 11) is 1.75. The molecular formula is C11H18N2O2. The Kier molecular flexibility index (Phi) is 2.44. The molecule has 2 atom stereocenters. The van der Waals surface area contributed by atoms with Gasteiger partial charge in [-0.2, -0.15) is 0 Å². The van der Waals surface area contributed by atoms with E-state index >= 15 is 0 Å². The Balaban J connectivity index is 2.15. The molecule has 15 heavy (non-hydrogen) atoms. The molecule has 1 aliphatic heterocycles. The number of hydrogen-bond acceptors (Lipinski definition) is 2. The van der Waals surface area contributed by atoms with Gasteiger partial charge in [-0.15, -0.1) is 0 Å². The predicted molar refractivity (Wildman–Crippen MR) is 56.1 cm³/mol. The standard InChI is InChI=1S/C11H18N2O2/c1-6(2)8-11(15)13(3)9(7-4-5-7)10(14)12-8/h6-9H,4-5H2,1-3H3,(H,12,14). The zero-order valence-corrected chi connectivity index (χ0v) is 9.49. The lowest BCUT2D eigenvalue weighted by atomic mass is 9.97.